The second-order valence-electron chi connectivity index (χ2n) is 7.95. The lowest BCUT2D eigenvalue weighted by atomic mass is 9.99. The van der Waals surface area contributed by atoms with Gasteiger partial charge in [0, 0.05) is 36.0 Å². The summed E-state index contributed by atoms with van der Waals surface area (Å²) in [5.74, 6) is -1.86. The lowest BCUT2D eigenvalue weighted by Gasteiger charge is -2.15. The first-order valence-corrected chi connectivity index (χ1v) is 10.5. The van der Waals surface area contributed by atoms with E-state index in [1.807, 2.05) is 0 Å². The molecule has 0 saturated carbocycles. The normalized spacial score (nSPS) is 11.3. The van der Waals surface area contributed by atoms with Crippen LogP contribution in [0.4, 0.5) is 19.1 Å². The van der Waals surface area contributed by atoms with Crippen LogP contribution in [0.1, 0.15) is 17.2 Å². The molecule has 5 aromatic rings. The predicted molar refractivity (Wildman–Crippen MR) is 123 cm³/mol. The average Bonchev–Trinajstić information content (AvgIpc) is 3.25. The fourth-order valence-corrected chi connectivity index (χ4v) is 3.86. The molecular weight excluding hydrogens is 459 g/mol. The maximum atomic E-state index is 14.2. The quantitative estimate of drug-likeness (QED) is 0.425. The summed E-state index contributed by atoms with van der Waals surface area (Å²) < 4.78 is 43.9. The number of halogens is 3. The van der Waals surface area contributed by atoms with Crippen molar-refractivity contribution >= 4 is 11.6 Å². The highest BCUT2D eigenvalue weighted by molar-refractivity contribution is 5.91. The van der Waals surface area contributed by atoms with E-state index in [2.05, 4.69) is 20.1 Å². The first-order valence-electron chi connectivity index (χ1n) is 10.5. The van der Waals surface area contributed by atoms with E-state index >= 15 is 0 Å². The van der Waals surface area contributed by atoms with Crippen LogP contribution in [0.3, 0.4) is 0 Å². The van der Waals surface area contributed by atoms with Crippen molar-refractivity contribution in [2.24, 2.45) is 7.05 Å². The van der Waals surface area contributed by atoms with Gasteiger partial charge in [0.15, 0.2) is 11.5 Å². The fraction of sp³-hybridized carbons (Fsp3) is 0.125. The Kier molecular flexibility index (Phi) is 5.31. The van der Waals surface area contributed by atoms with Crippen molar-refractivity contribution in [3.8, 4) is 22.4 Å². The molecule has 11 heteroatoms. The van der Waals surface area contributed by atoms with E-state index in [0.29, 0.717) is 33.7 Å². The molecule has 1 aromatic carbocycles. The smallest absolute Gasteiger partial charge is 0.250 e. The largest absolute Gasteiger partial charge is 0.368 e. The number of anilines is 1. The molecule has 176 valence electrons. The average molecular weight is 477 g/mol. The highest BCUT2D eigenvalue weighted by Crippen LogP contribution is 2.36. The Hall–Kier alpha value is -4.54. The molecule has 0 bridgehead atoms. The maximum Gasteiger partial charge on any atom is 0.250 e. The number of fused-ring (bicyclic) bond motifs is 1. The molecule has 0 spiro atoms. The number of aromatic nitrogens is 6. The van der Waals surface area contributed by atoms with Gasteiger partial charge in [0.25, 0.3) is 0 Å². The minimum Gasteiger partial charge on any atom is -0.368 e. The van der Waals surface area contributed by atoms with Crippen LogP contribution in [0.15, 0.2) is 53.5 Å². The summed E-state index contributed by atoms with van der Waals surface area (Å²) in [7, 11) is 1.64. The Morgan fingerprint density at radius 3 is 2.46 bits per heavy atom. The molecule has 5 rings (SSSR count). The van der Waals surface area contributed by atoms with Crippen LogP contribution in [-0.2, 0) is 13.5 Å². The molecule has 0 atom stereocenters. The van der Waals surface area contributed by atoms with E-state index in [4.69, 9.17) is 5.73 Å². The van der Waals surface area contributed by atoms with E-state index in [-0.39, 0.29) is 29.4 Å². The van der Waals surface area contributed by atoms with Crippen molar-refractivity contribution in [1.29, 1.82) is 0 Å². The monoisotopic (exact) mass is 477 g/mol. The Bertz CT molecular complexity index is 1660. The molecular formula is C24H18F3N7O. The molecule has 0 aliphatic heterocycles. The molecule has 0 fully saturated rings. The molecule has 35 heavy (non-hydrogen) atoms. The highest BCUT2D eigenvalue weighted by Gasteiger charge is 2.22. The summed E-state index contributed by atoms with van der Waals surface area (Å²) >= 11 is 0. The molecule has 0 saturated heterocycles. The van der Waals surface area contributed by atoms with Gasteiger partial charge in [0.1, 0.15) is 17.5 Å². The molecule has 2 N–H and O–H groups in total. The van der Waals surface area contributed by atoms with Crippen LogP contribution in [0.2, 0.25) is 0 Å². The van der Waals surface area contributed by atoms with Gasteiger partial charge in [-0.25, -0.2) is 23.1 Å². The van der Waals surface area contributed by atoms with E-state index in [9.17, 15) is 18.0 Å². The lowest BCUT2D eigenvalue weighted by Crippen LogP contribution is -2.18. The van der Waals surface area contributed by atoms with Crippen molar-refractivity contribution in [3.05, 3.63) is 93.7 Å². The molecule has 0 unspecified atom stereocenters. The van der Waals surface area contributed by atoms with Gasteiger partial charge in [-0.05, 0) is 37.3 Å². The van der Waals surface area contributed by atoms with Crippen LogP contribution in [-0.4, -0.2) is 29.1 Å². The van der Waals surface area contributed by atoms with Crippen LogP contribution in [0.25, 0.3) is 28.0 Å². The Morgan fingerprint density at radius 1 is 1.00 bits per heavy atom. The van der Waals surface area contributed by atoms with Gasteiger partial charge in [-0.3, -0.25) is 9.78 Å². The third-order valence-electron chi connectivity index (χ3n) is 5.77. The second kappa shape index (κ2) is 8.35. The molecule has 4 aromatic heterocycles. The number of hydrogen-bond acceptors (Lipinski definition) is 6. The number of rotatable bonds is 4. The zero-order valence-corrected chi connectivity index (χ0v) is 18.6. The summed E-state index contributed by atoms with van der Waals surface area (Å²) in [6.45, 7) is 1.77. The Morgan fingerprint density at radius 2 is 1.74 bits per heavy atom. The van der Waals surface area contributed by atoms with Crippen molar-refractivity contribution in [2.45, 2.75) is 13.3 Å². The summed E-state index contributed by atoms with van der Waals surface area (Å²) in [5.41, 5.74) is 9.01. The SMILES string of the molecule is Cc1c(-c2c(-c3ccc(F)cc3)nc(N)n3nc(Cc4ncc(F)cc4F)nc23)ccc(=O)n1C. The zero-order chi connectivity index (χ0) is 24.9. The summed E-state index contributed by atoms with van der Waals surface area (Å²) in [6.07, 6.45) is 0.793. The molecule has 4 heterocycles. The van der Waals surface area contributed by atoms with Crippen LogP contribution in [0, 0.1) is 24.4 Å². The van der Waals surface area contributed by atoms with Crippen LogP contribution < -0.4 is 11.3 Å². The van der Waals surface area contributed by atoms with Gasteiger partial charge >= 0.3 is 0 Å². The van der Waals surface area contributed by atoms with Crippen molar-refractivity contribution in [2.75, 3.05) is 5.73 Å². The van der Waals surface area contributed by atoms with Gasteiger partial charge in [-0.1, -0.05) is 0 Å². The first kappa shape index (κ1) is 22.3. The molecule has 0 aliphatic rings. The number of hydrogen-bond donors (Lipinski definition) is 1. The van der Waals surface area contributed by atoms with Gasteiger partial charge in [-0.2, -0.15) is 4.52 Å². The number of nitrogen functional groups attached to an aromatic ring is 1. The Balaban J connectivity index is 1.78. The molecule has 8 nitrogen and oxygen atoms in total. The fourth-order valence-electron chi connectivity index (χ4n) is 3.86. The van der Waals surface area contributed by atoms with Gasteiger partial charge < -0.3 is 10.3 Å². The second-order valence-corrected chi connectivity index (χ2v) is 7.95. The minimum atomic E-state index is -0.823. The highest BCUT2D eigenvalue weighted by atomic mass is 19.1. The Labute approximate surface area is 196 Å². The van der Waals surface area contributed by atoms with E-state index in [1.54, 1.807) is 32.2 Å². The third-order valence-corrected chi connectivity index (χ3v) is 5.77. The molecule has 0 radical (unpaired) electrons. The summed E-state index contributed by atoms with van der Waals surface area (Å²) in [5, 5.41) is 4.36. The van der Waals surface area contributed by atoms with Crippen LogP contribution in [0.5, 0.6) is 0 Å². The number of nitrogens with two attached hydrogens (primary N) is 1. The predicted octanol–water partition coefficient (Wildman–Crippen LogP) is 3.45. The van der Waals surface area contributed by atoms with Gasteiger partial charge in [0.05, 0.1) is 29.6 Å². The van der Waals surface area contributed by atoms with Crippen LogP contribution >= 0.6 is 0 Å². The number of benzene rings is 1. The summed E-state index contributed by atoms with van der Waals surface area (Å²) in [6, 6.07) is 9.51. The zero-order valence-electron chi connectivity index (χ0n) is 18.6. The van der Waals surface area contributed by atoms with Crippen molar-refractivity contribution < 1.29 is 13.2 Å². The van der Waals surface area contributed by atoms with E-state index in [0.717, 1.165) is 12.3 Å². The van der Waals surface area contributed by atoms with Gasteiger partial charge in [0.2, 0.25) is 11.5 Å². The standard InChI is InChI=1S/C24H18F3N7O/c1-12-16(7-8-20(35)33(12)2)21-22(13-3-5-14(25)6-4-13)31-24(28)34-23(21)30-19(32-34)10-18-17(27)9-15(26)11-29-18/h3-9,11H,10H2,1-2H3,(H2,28,31). The lowest BCUT2D eigenvalue weighted by molar-refractivity contribution is 0.560. The van der Waals surface area contributed by atoms with E-state index in [1.165, 1.54) is 27.3 Å². The molecule has 0 amide bonds. The third kappa shape index (κ3) is 3.90. The molecule has 0 aliphatic carbocycles. The number of nitrogens with zero attached hydrogens (tertiary/aromatic N) is 6. The topological polar surface area (TPSA) is 104 Å². The van der Waals surface area contributed by atoms with Crippen molar-refractivity contribution in [3.63, 3.8) is 0 Å². The minimum absolute atomic E-state index is 0.00293. The summed E-state index contributed by atoms with van der Waals surface area (Å²) in [4.78, 5) is 25.1. The maximum absolute atomic E-state index is 14.2. The van der Waals surface area contributed by atoms with Gasteiger partial charge in [-0.15, -0.1) is 5.10 Å². The first-order chi connectivity index (χ1) is 16.7. The number of pyridine rings is 2. The van der Waals surface area contributed by atoms with Crippen molar-refractivity contribution in [1.82, 2.24) is 29.1 Å². The van der Waals surface area contributed by atoms with E-state index < -0.39 is 17.5 Å².